The van der Waals surface area contributed by atoms with Gasteiger partial charge in [-0.3, -0.25) is 0 Å². The highest BCUT2D eigenvalue weighted by Gasteiger charge is 2.27. The average molecular weight is 290 g/mol. The van der Waals surface area contributed by atoms with Crippen molar-refractivity contribution in [2.75, 3.05) is 0 Å². The SMILES string of the molecule is N#Cc1cc(-c2ccc(Br)o2)nc(C2CC2)n1. The molecule has 2 aromatic rings. The van der Waals surface area contributed by atoms with E-state index in [4.69, 9.17) is 9.68 Å². The standard InChI is InChI=1S/C12H8BrN3O/c13-11-4-3-10(17-11)9-5-8(6-14)15-12(16-9)7-1-2-7/h3-5,7H,1-2H2. The molecule has 4 nitrogen and oxygen atoms in total. The average Bonchev–Trinajstić information content (AvgIpc) is 3.11. The molecule has 3 rings (SSSR count). The monoisotopic (exact) mass is 289 g/mol. The van der Waals surface area contributed by atoms with Gasteiger partial charge in [0.2, 0.25) is 0 Å². The Hall–Kier alpha value is -1.67. The lowest BCUT2D eigenvalue weighted by Crippen LogP contribution is -1.97. The Labute approximate surface area is 106 Å². The van der Waals surface area contributed by atoms with Crippen LogP contribution in [0.15, 0.2) is 27.3 Å². The molecule has 0 bridgehead atoms. The maximum atomic E-state index is 8.96. The Morgan fingerprint density at radius 1 is 1.35 bits per heavy atom. The number of halogens is 1. The summed E-state index contributed by atoms with van der Waals surface area (Å²) in [5.41, 5.74) is 1.06. The van der Waals surface area contributed by atoms with Gasteiger partial charge in [-0.1, -0.05) is 0 Å². The number of nitrogens with zero attached hydrogens (tertiary/aromatic N) is 3. The minimum absolute atomic E-state index is 0.393. The second-order valence-electron chi connectivity index (χ2n) is 3.99. The number of rotatable bonds is 2. The van der Waals surface area contributed by atoms with Crippen LogP contribution in [0.2, 0.25) is 0 Å². The van der Waals surface area contributed by atoms with Crippen LogP contribution in [0.4, 0.5) is 0 Å². The van der Waals surface area contributed by atoms with Crippen LogP contribution in [0.5, 0.6) is 0 Å². The summed E-state index contributed by atoms with van der Waals surface area (Å²) in [6.07, 6.45) is 2.21. The van der Waals surface area contributed by atoms with E-state index in [9.17, 15) is 0 Å². The van der Waals surface area contributed by atoms with Gasteiger partial charge in [-0.25, -0.2) is 9.97 Å². The summed E-state index contributed by atoms with van der Waals surface area (Å²) in [5.74, 6) is 1.82. The molecule has 17 heavy (non-hydrogen) atoms. The lowest BCUT2D eigenvalue weighted by molar-refractivity contribution is 0.553. The van der Waals surface area contributed by atoms with Gasteiger partial charge in [0.15, 0.2) is 10.4 Å². The van der Waals surface area contributed by atoms with E-state index in [0.717, 1.165) is 18.7 Å². The van der Waals surface area contributed by atoms with E-state index >= 15 is 0 Å². The number of aromatic nitrogens is 2. The quantitative estimate of drug-likeness (QED) is 0.851. The second-order valence-corrected chi connectivity index (χ2v) is 4.77. The summed E-state index contributed by atoms with van der Waals surface area (Å²) in [7, 11) is 0. The molecule has 0 unspecified atom stereocenters. The van der Waals surface area contributed by atoms with Crippen LogP contribution in [-0.4, -0.2) is 9.97 Å². The van der Waals surface area contributed by atoms with Gasteiger partial charge in [0.1, 0.15) is 23.3 Å². The molecule has 1 saturated carbocycles. The molecular formula is C12H8BrN3O. The fraction of sp³-hybridized carbons (Fsp3) is 0.250. The van der Waals surface area contributed by atoms with E-state index < -0.39 is 0 Å². The molecule has 0 N–H and O–H groups in total. The molecule has 1 fully saturated rings. The van der Waals surface area contributed by atoms with Crippen LogP contribution in [0, 0.1) is 11.3 Å². The Morgan fingerprint density at radius 3 is 2.76 bits per heavy atom. The first-order valence-electron chi connectivity index (χ1n) is 5.31. The van der Waals surface area contributed by atoms with Crippen molar-refractivity contribution in [3.8, 4) is 17.5 Å². The minimum atomic E-state index is 0.393. The lowest BCUT2D eigenvalue weighted by Gasteiger charge is -2.01. The van der Waals surface area contributed by atoms with Crippen LogP contribution in [0.3, 0.4) is 0 Å². The van der Waals surface area contributed by atoms with Gasteiger partial charge in [0, 0.05) is 12.0 Å². The van der Waals surface area contributed by atoms with E-state index in [1.54, 1.807) is 12.1 Å². The first kappa shape index (κ1) is 10.5. The van der Waals surface area contributed by atoms with E-state index in [1.165, 1.54) is 0 Å². The lowest BCUT2D eigenvalue weighted by atomic mass is 10.2. The third-order valence-electron chi connectivity index (χ3n) is 2.63. The van der Waals surface area contributed by atoms with E-state index in [1.807, 2.05) is 6.07 Å². The van der Waals surface area contributed by atoms with Crippen LogP contribution >= 0.6 is 15.9 Å². The topological polar surface area (TPSA) is 62.7 Å². The van der Waals surface area contributed by atoms with Crippen molar-refractivity contribution in [1.29, 1.82) is 5.26 Å². The number of furan rings is 1. The summed E-state index contributed by atoms with van der Waals surface area (Å²) in [4.78, 5) is 8.67. The molecule has 0 atom stereocenters. The van der Waals surface area contributed by atoms with Crippen LogP contribution < -0.4 is 0 Å². The van der Waals surface area contributed by atoms with Gasteiger partial charge in [0.05, 0.1) is 0 Å². The van der Waals surface area contributed by atoms with Crippen LogP contribution in [-0.2, 0) is 0 Å². The molecule has 2 heterocycles. The van der Waals surface area contributed by atoms with Gasteiger partial charge >= 0.3 is 0 Å². The highest BCUT2D eigenvalue weighted by atomic mass is 79.9. The Morgan fingerprint density at radius 2 is 2.18 bits per heavy atom. The van der Waals surface area contributed by atoms with Gasteiger partial charge in [-0.05, 0) is 40.9 Å². The molecule has 0 radical (unpaired) electrons. The van der Waals surface area contributed by atoms with Gasteiger partial charge in [-0.2, -0.15) is 5.26 Å². The molecular weight excluding hydrogens is 282 g/mol. The molecule has 84 valence electrons. The van der Waals surface area contributed by atoms with Crippen molar-refractivity contribution < 1.29 is 4.42 Å². The summed E-state index contributed by atoms with van der Waals surface area (Å²) in [6.45, 7) is 0. The molecule has 1 aliphatic rings. The maximum absolute atomic E-state index is 8.96. The van der Waals surface area contributed by atoms with Gasteiger partial charge < -0.3 is 4.42 Å². The van der Waals surface area contributed by atoms with Crippen molar-refractivity contribution in [3.05, 3.63) is 34.4 Å². The third kappa shape index (κ3) is 2.08. The zero-order valence-electron chi connectivity index (χ0n) is 8.85. The van der Waals surface area contributed by atoms with Crippen molar-refractivity contribution in [3.63, 3.8) is 0 Å². The van der Waals surface area contributed by atoms with Crippen molar-refractivity contribution in [1.82, 2.24) is 9.97 Å². The predicted octanol–water partition coefficient (Wildman–Crippen LogP) is 3.25. The zero-order valence-corrected chi connectivity index (χ0v) is 10.4. The van der Waals surface area contributed by atoms with Gasteiger partial charge in [-0.15, -0.1) is 0 Å². The van der Waals surface area contributed by atoms with Crippen molar-refractivity contribution in [2.24, 2.45) is 0 Å². The first-order chi connectivity index (χ1) is 8.26. The molecule has 0 spiro atoms. The first-order valence-corrected chi connectivity index (χ1v) is 6.10. The van der Waals surface area contributed by atoms with Crippen molar-refractivity contribution in [2.45, 2.75) is 18.8 Å². The largest absolute Gasteiger partial charge is 0.448 e. The number of nitriles is 1. The fourth-order valence-corrected chi connectivity index (χ4v) is 1.93. The summed E-state index contributed by atoms with van der Waals surface area (Å²) in [6, 6.07) is 7.34. The maximum Gasteiger partial charge on any atom is 0.169 e. The Kier molecular flexibility index (Phi) is 2.45. The smallest absolute Gasteiger partial charge is 0.169 e. The molecule has 1 aliphatic carbocycles. The minimum Gasteiger partial charge on any atom is -0.448 e. The van der Waals surface area contributed by atoms with Gasteiger partial charge in [0.25, 0.3) is 0 Å². The molecule has 0 aliphatic heterocycles. The summed E-state index contributed by atoms with van der Waals surface area (Å²) >= 11 is 3.25. The van der Waals surface area contributed by atoms with Crippen LogP contribution in [0.25, 0.3) is 11.5 Å². The summed E-state index contributed by atoms with van der Waals surface area (Å²) in [5, 5.41) is 8.96. The highest BCUT2D eigenvalue weighted by Crippen LogP contribution is 2.38. The molecule has 2 aromatic heterocycles. The third-order valence-corrected chi connectivity index (χ3v) is 3.05. The normalized spacial score (nSPS) is 14.6. The predicted molar refractivity (Wildman–Crippen MR) is 64.1 cm³/mol. The molecule has 5 heteroatoms. The molecule has 0 aromatic carbocycles. The number of hydrogen-bond donors (Lipinski definition) is 0. The van der Waals surface area contributed by atoms with E-state index in [2.05, 4.69) is 32.0 Å². The fourth-order valence-electron chi connectivity index (χ4n) is 1.63. The second kappa shape index (κ2) is 3.97. The Balaban J connectivity index is 2.09. The van der Waals surface area contributed by atoms with E-state index in [-0.39, 0.29) is 0 Å². The number of hydrogen-bond acceptors (Lipinski definition) is 4. The molecule has 0 saturated heterocycles. The molecule has 0 amide bonds. The van der Waals surface area contributed by atoms with E-state index in [0.29, 0.717) is 27.7 Å². The van der Waals surface area contributed by atoms with Crippen LogP contribution in [0.1, 0.15) is 30.3 Å². The summed E-state index contributed by atoms with van der Waals surface area (Å²) < 4.78 is 6.09. The highest BCUT2D eigenvalue weighted by molar-refractivity contribution is 9.10. The zero-order chi connectivity index (χ0) is 11.8. The Bertz CT molecular complexity index is 610. The van der Waals surface area contributed by atoms with Crippen molar-refractivity contribution >= 4 is 15.9 Å².